The summed E-state index contributed by atoms with van der Waals surface area (Å²) in [4.78, 5) is 28.0. The molecular formula is C54H56N16O4. The number of benzene rings is 2. The van der Waals surface area contributed by atoms with Gasteiger partial charge in [-0.15, -0.1) is 10.2 Å². The lowest BCUT2D eigenvalue weighted by atomic mass is 9.89. The lowest BCUT2D eigenvalue weighted by Gasteiger charge is -2.23. The molecule has 0 bridgehead atoms. The molecule has 2 atom stereocenters. The highest BCUT2D eigenvalue weighted by atomic mass is 16.5. The maximum atomic E-state index is 5.65. The van der Waals surface area contributed by atoms with E-state index in [0.717, 1.165) is 107 Å². The molecule has 2 aliphatic heterocycles. The van der Waals surface area contributed by atoms with E-state index in [1.807, 2.05) is 120 Å². The van der Waals surface area contributed by atoms with Crippen molar-refractivity contribution in [3.05, 3.63) is 145 Å². The van der Waals surface area contributed by atoms with Crippen LogP contribution < -0.4 is 18.9 Å². The van der Waals surface area contributed by atoms with Crippen LogP contribution >= 0.6 is 0 Å². The molecule has 12 rings (SSSR count). The van der Waals surface area contributed by atoms with Crippen LogP contribution in [0.25, 0.3) is 56.7 Å². The summed E-state index contributed by atoms with van der Waals surface area (Å²) >= 11 is 0. The molecule has 20 heteroatoms. The minimum atomic E-state index is 0.117. The first-order chi connectivity index (χ1) is 36.1. The van der Waals surface area contributed by atoms with Gasteiger partial charge in [0.25, 0.3) is 0 Å². The number of fused-ring (bicyclic) bond motifs is 2. The van der Waals surface area contributed by atoms with E-state index in [4.69, 9.17) is 49.1 Å². The van der Waals surface area contributed by atoms with Crippen LogP contribution in [-0.4, -0.2) is 107 Å². The van der Waals surface area contributed by atoms with E-state index in [9.17, 15) is 0 Å². The SMILES string of the molecule is COc1ccc([C@@H]2CCCn3nc(-c4ccc(-n5cnc(C)c5)c(OC)n4)nc32)cc1-c1cnn(C)c1.COc1ccc([C@H]2CCCn3nc(-c4ccc(-n5cnc(C)c5)c(OC)n4)nc32)cc1-c1cnn(C)c1. The zero-order valence-corrected chi connectivity index (χ0v) is 42.6. The van der Waals surface area contributed by atoms with Crippen molar-refractivity contribution in [2.75, 3.05) is 28.4 Å². The van der Waals surface area contributed by atoms with Crippen LogP contribution in [-0.2, 0) is 27.2 Å². The van der Waals surface area contributed by atoms with Gasteiger partial charge in [0.2, 0.25) is 11.8 Å². The maximum absolute atomic E-state index is 5.65. The molecule has 0 N–H and O–H groups in total. The molecule has 0 unspecified atom stereocenters. The first-order valence-corrected chi connectivity index (χ1v) is 24.4. The van der Waals surface area contributed by atoms with Gasteiger partial charge in [-0.2, -0.15) is 10.2 Å². The van der Waals surface area contributed by atoms with Crippen molar-refractivity contribution in [3.63, 3.8) is 0 Å². The number of aryl methyl sites for hydroxylation is 6. The minimum Gasteiger partial charge on any atom is -0.496 e. The predicted molar refractivity (Wildman–Crippen MR) is 276 cm³/mol. The maximum Gasteiger partial charge on any atom is 0.238 e. The van der Waals surface area contributed by atoms with Gasteiger partial charge in [0.1, 0.15) is 45.9 Å². The Morgan fingerprint density at radius 2 is 0.959 bits per heavy atom. The van der Waals surface area contributed by atoms with Crippen LogP contribution in [0.2, 0.25) is 0 Å². The van der Waals surface area contributed by atoms with Gasteiger partial charge in [-0.3, -0.25) is 9.36 Å². The molecule has 10 heterocycles. The number of nitrogens with zero attached hydrogens (tertiary/aromatic N) is 16. The van der Waals surface area contributed by atoms with E-state index in [2.05, 4.69) is 44.4 Å². The van der Waals surface area contributed by atoms with Crippen LogP contribution in [0.4, 0.5) is 0 Å². The van der Waals surface area contributed by atoms with Gasteiger partial charge in [0.05, 0.1) is 64.9 Å². The number of rotatable bonds is 12. The Hall–Kier alpha value is -8.94. The molecule has 0 radical (unpaired) electrons. The van der Waals surface area contributed by atoms with Crippen molar-refractivity contribution in [1.29, 1.82) is 0 Å². The van der Waals surface area contributed by atoms with Crippen molar-refractivity contribution in [2.45, 2.75) is 64.5 Å². The average molecular weight is 993 g/mol. The van der Waals surface area contributed by atoms with E-state index in [1.165, 1.54) is 11.1 Å². The lowest BCUT2D eigenvalue weighted by Crippen LogP contribution is -2.18. The highest BCUT2D eigenvalue weighted by molar-refractivity contribution is 5.72. The van der Waals surface area contributed by atoms with E-state index in [-0.39, 0.29) is 11.8 Å². The molecule has 8 aromatic heterocycles. The third-order valence-electron chi connectivity index (χ3n) is 13.5. The Balaban J connectivity index is 0.000000159. The van der Waals surface area contributed by atoms with Crippen LogP contribution in [0.15, 0.2) is 110 Å². The number of hydrogen-bond acceptors (Lipinski definition) is 14. The summed E-state index contributed by atoms with van der Waals surface area (Å²) in [6.07, 6.45) is 19.1. The van der Waals surface area contributed by atoms with Crippen LogP contribution in [0.3, 0.4) is 0 Å². The van der Waals surface area contributed by atoms with E-state index in [1.54, 1.807) is 50.5 Å². The fourth-order valence-corrected chi connectivity index (χ4v) is 9.92. The molecule has 0 amide bonds. The molecule has 0 spiro atoms. The molecule has 0 saturated carbocycles. The summed E-state index contributed by atoms with van der Waals surface area (Å²) in [5.41, 5.74) is 11.2. The van der Waals surface area contributed by atoms with Crippen molar-refractivity contribution in [3.8, 4) is 79.9 Å². The minimum absolute atomic E-state index is 0.117. The first-order valence-electron chi connectivity index (χ1n) is 24.4. The van der Waals surface area contributed by atoms with E-state index >= 15 is 0 Å². The summed E-state index contributed by atoms with van der Waals surface area (Å²) in [5, 5.41) is 18.3. The van der Waals surface area contributed by atoms with Gasteiger partial charge in [0.15, 0.2) is 11.6 Å². The van der Waals surface area contributed by atoms with Gasteiger partial charge in [-0.1, -0.05) is 12.1 Å². The number of methoxy groups -OCH3 is 4. The number of pyridine rings is 2. The fourth-order valence-electron chi connectivity index (χ4n) is 9.92. The van der Waals surface area contributed by atoms with Gasteiger partial charge < -0.3 is 28.1 Å². The lowest BCUT2D eigenvalue weighted by molar-refractivity contribution is 0.396. The normalized spacial score (nSPS) is 15.0. The van der Waals surface area contributed by atoms with Crippen molar-refractivity contribution in [1.82, 2.24) is 78.2 Å². The number of aromatic nitrogens is 16. The highest BCUT2D eigenvalue weighted by Crippen LogP contribution is 2.41. The predicted octanol–water partition coefficient (Wildman–Crippen LogP) is 8.36. The van der Waals surface area contributed by atoms with Crippen molar-refractivity contribution < 1.29 is 18.9 Å². The third-order valence-corrected chi connectivity index (χ3v) is 13.5. The molecular weight excluding hydrogens is 937 g/mol. The average Bonchev–Trinajstić information content (AvgIpc) is 4.32. The smallest absolute Gasteiger partial charge is 0.238 e. The summed E-state index contributed by atoms with van der Waals surface area (Å²) < 4.78 is 33.9. The molecule has 0 aliphatic carbocycles. The Morgan fingerprint density at radius 3 is 1.32 bits per heavy atom. The zero-order chi connectivity index (χ0) is 51.0. The molecule has 2 aromatic carbocycles. The third kappa shape index (κ3) is 9.13. The molecule has 0 saturated heterocycles. The first kappa shape index (κ1) is 47.4. The van der Waals surface area contributed by atoms with Gasteiger partial charge in [0, 0.05) is 86.1 Å². The summed E-state index contributed by atoms with van der Waals surface area (Å²) in [7, 11) is 10.4. The van der Waals surface area contributed by atoms with Crippen molar-refractivity contribution >= 4 is 0 Å². The zero-order valence-electron chi connectivity index (χ0n) is 42.6. The molecule has 376 valence electrons. The molecule has 2 aliphatic rings. The Kier molecular flexibility index (Phi) is 12.8. The summed E-state index contributed by atoms with van der Waals surface area (Å²) in [6.45, 7) is 5.55. The van der Waals surface area contributed by atoms with E-state index < -0.39 is 0 Å². The number of hydrogen-bond donors (Lipinski definition) is 0. The highest BCUT2D eigenvalue weighted by Gasteiger charge is 2.30. The quantitative estimate of drug-likeness (QED) is 0.113. The van der Waals surface area contributed by atoms with Gasteiger partial charge in [-0.25, -0.2) is 39.3 Å². The second kappa shape index (κ2) is 19.9. The molecule has 10 aromatic rings. The van der Waals surface area contributed by atoms with E-state index in [0.29, 0.717) is 34.8 Å². The second-order valence-electron chi connectivity index (χ2n) is 18.4. The van der Waals surface area contributed by atoms with Crippen LogP contribution in [0.1, 0.15) is 71.7 Å². The summed E-state index contributed by atoms with van der Waals surface area (Å²) in [6, 6.07) is 20.4. The number of imidazole rings is 2. The largest absolute Gasteiger partial charge is 0.496 e. The number of ether oxygens (including phenoxy) is 4. The van der Waals surface area contributed by atoms with Crippen molar-refractivity contribution in [2.24, 2.45) is 14.1 Å². The Bertz CT molecular complexity index is 3400. The Labute approximate surface area is 427 Å². The summed E-state index contributed by atoms with van der Waals surface area (Å²) in [5.74, 6) is 5.93. The van der Waals surface area contributed by atoms with Gasteiger partial charge >= 0.3 is 0 Å². The molecule has 74 heavy (non-hydrogen) atoms. The Morgan fingerprint density at radius 1 is 0.514 bits per heavy atom. The standard InChI is InChI=1S/2C27H28N8O2/c2*1-17-14-34(16-28-17)23-9-8-22(30-27(23)37-4)25-31-26-20(6-5-11-35(26)32-25)18-7-10-24(36-3)21(12-18)19-13-29-33(2)15-19/h2*7-10,12-16,20H,5-6,11H2,1-4H3/t2*20-/m10/s1. The van der Waals surface area contributed by atoms with Crippen LogP contribution in [0.5, 0.6) is 23.3 Å². The monoisotopic (exact) mass is 992 g/mol. The second-order valence-corrected chi connectivity index (χ2v) is 18.4. The van der Waals surface area contributed by atoms with Gasteiger partial charge in [-0.05, 0) is 99.2 Å². The van der Waals surface area contributed by atoms with Crippen LogP contribution in [0, 0.1) is 13.8 Å². The topological polar surface area (TPSA) is 195 Å². The molecule has 0 fully saturated rings. The molecule has 20 nitrogen and oxygen atoms in total. The fraction of sp³-hybridized carbons (Fsp3) is 0.296.